The van der Waals surface area contributed by atoms with Gasteiger partial charge in [0.15, 0.2) is 12.4 Å². The zero-order valence-electron chi connectivity index (χ0n) is 14.4. The van der Waals surface area contributed by atoms with Crippen LogP contribution in [0.1, 0.15) is 55.4 Å². The lowest BCUT2D eigenvalue weighted by Gasteiger charge is -2.14. The first-order chi connectivity index (χ1) is 12.2. The van der Waals surface area contributed by atoms with Gasteiger partial charge >= 0.3 is 0 Å². The molecule has 0 aliphatic heterocycles. The Hall–Kier alpha value is -2.63. The number of rotatable bonds is 7. The number of nitrogens with one attached hydrogen (secondary N) is 1. The number of anilines is 1. The van der Waals surface area contributed by atoms with Crippen LogP contribution in [0.25, 0.3) is 0 Å². The van der Waals surface area contributed by atoms with Crippen molar-refractivity contribution in [2.24, 2.45) is 0 Å². The monoisotopic (exact) mass is 341 g/mol. The molecule has 6 nitrogen and oxygen atoms in total. The highest BCUT2D eigenvalue weighted by Crippen LogP contribution is 2.31. The quantitative estimate of drug-likeness (QED) is 0.781. The molecule has 2 aromatic rings. The number of hydrogen-bond acceptors (Lipinski definition) is 4. The molecule has 0 radical (unpaired) electrons. The van der Waals surface area contributed by atoms with Crippen molar-refractivity contribution in [1.29, 1.82) is 0 Å². The van der Waals surface area contributed by atoms with Gasteiger partial charge in [-0.1, -0.05) is 19.8 Å². The van der Waals surface area contributed by atoms with Crippen LogP contribution in [-0.4, -0.2) is 28.1 Å². The summed E-state index contributed by atoms with van der Waals surface area (Å²) < 4.78 is 7.40. The van der Waals surface area contributed by atoms with E-state index in [4.69, 9.17) is 4.74 Å². The van der Waals surface area contributed by atoms with Crippen molar-refractivity contribution in [1.82, 2.24) is 9.78 Å². The van der Waals surface area contributed by atoms with Gasteiger partial charge in [-0.3, -0.25) is 9.59 Å². The number of benzene rings is 1. The summed E-state index contributed by atoms with van der Waals surface area (Å²) in [5.74, 6) is 1.13. The Morgan fingerprint density at radius 1 is 1.20 bits per heavy atom. The second kappa shape index (κ2) is 7.96. The Balaban J connectivity index is 1.53. The predicted molar refractivity (Wildman–Crippen MR) is 94.9 cm³/mol. The highest BCUT2D eigenvalue weighted by molar-refractivity contribution is 5.96. The van der Waals surface area contributed by atoms with Crippen molar-refractivity contribution in [2.75, 3.05) is 11.9 Å². The van der Waals surface area contributed by atoms with E-state index in [-0.39, 0.29) is 18.3 Å². The van der Waals surface area contributed by atoms with Crippen LogP contribution in [0.2, 0.25) is 0 Å². The minimum Gasteiger partial charge on any atom is -0.484 e. The van der Waals surface area contributed by atoms with E-state index in [1.807, 2.05) is 11.6 Å². The summed E-state index contributed by atoms with van der Waals surface area (Å²) in [5, 5.41) is 7.19. The number of Topliss-reactive ketones (excluding diaryl/α,β-unsaturated/α-hetero) is 1. The Kier molecular flexibility index (Phi) is 5.48. The van der Waals surface area contributed by atoms with Crippen molar-refractivity contribution in [3.05, 3.63) is 42.1 Å². The number of carbonyl (C=O) groups is 2. The molecule has 0 spiro atoms. The number of hydrogen-bond donors (Lipinski definition) is 1. The van der Waals surface area contributed by atoms with Gasteiger partial charge in [-0.2, -0.15) is 5.10 Å². The molecule has 0 atom stereocenters. The fourth-order valence-corrected chi connectivity index (χ4v) is 3.12. The summed E-state index contributed by atoms with van der Waals surface area (Å²) in [7, 11) is 0. The largest absolute Gasteiger partial charge is 0.484 e. The van der Waals surface area contributed by atoms with E-state index in [1.165, 1.54) is 12.8 Å². The average Bonchev–Trinajstić information content (AvgIpc) is 3.31. The first-order valence-corrected chi connectivity index (χ1v) is 8.77. The fourth-order valence-electron chi connectivity index (χ4n) is 3.12. The van der Waals surface area contributed by atoms with Crippen LogP contribution in [0, 0.1) is 0 Å². The zero-order valence-corrected chi connectivity index (χ0v) is 14.4. The normalized spacial score (nSPS) is 14.4. The molecule has 132 valence electrons. The minimum absolute atomic E-state index is 0.0864. The molecular formula is C19H23N3O3. The molecule has 1 aliphatic rings. The number of ether oxygens (including phenoxy) is 1. The summed E-state index contributed by atoms with van der Waals surface area (Å²) >= 11 is 0. The molecule has 1 aliphatic carbocycles. The first-order valence-electron chi connectivity index (χ1n) is 8.77. The lowest BCUT2D eigenvalue weighted by atomic mass is 10.1. The van der Waals surface area contributed by atoms with Crippen molar-refractivity contribution in [2.45, 2.75) is 45.1 Å². The summed E-state index contributed by atoms with van der Waals surface area (Å²) in [6.07, 6.45) is 6.79. The maximum absolute atomic E-state index is 12.1. The van der Waals surface area contributed by atoms with Gasteiger partial charge < -0.3 is 10.1 Å². The molecule has 0 saturated heterocycles. The zero-order chi connectivity index (χ0) is 17.6. The molecule has 1 N–H and O–H groups in total. The highest BCUT2D eigenvalue weighted by atomic mass is 16.5. The number of nitrogens with zero attached hydrogens (tertiary/aromatic N) is 2. The molecule has 1 saturated carbocycles. The SMILES string of the molecule is CCC(=O)c1ccc(OCC(=O)Nc2ccnn2C2CCCC2)cc1. The van der Waals surface area contributed by atoms with Crippen LogP contribution in [-0.2, 0) is 4.79 Å². The lowest BCUT2D eigenvalue weighted by Crippen LogP contribution is -2.23. The van der Waals surface area contributed by atoms with Crippen LogP contribution in [0.4, 0.5) is 5.82 Å². The average molecular weight is 341 g/mol. The van der Waals surface area contributed by atoms with E-state index in [1.54, 1.807) is 36.5 Å². The van der Waals surface area contributed by atoms with E-state index in [0.717, 1.165) is 12.8 Å². The molecule has 25 heavy (non-hydrogen) atoms. The van der Waals surface area contributed by atoms with Crippen LogP contribution >= 0.6 is 0 Å². The number of ketones is 1. The first kappa shape index (κ1) is 17.2. The molecular weight excluding hydrogens is 318 g/mol. The van der Waals surface area contributed by atoms with Crippen molar-refractivity contribution in [3.8, 4) is 5.75 Å². The lowest BCUT2D eigenvalue weighted by molar-refractivity contribution is -0.118. The van der Waals surface area contributed by atoms with Crippen LogP contribution in [0.3, 0.4) is 0 Å². The second-order valence-electron chi connectivity index (χ2n) is 6.24. The van der Waals surface area contributed by atoms with Gasteiger partial charge in [0.05, 0.1) is 12.2 Å². The smallest absolute Gasteiger partial charge is 0.263 e. The Bertz CT molecular complexity index is 731. The Morgan fingerprint density at radius 2 is 1.92 bits per heavy atom. The number of amides is 1. The topological polar surface area (TPSA) is 73.2 Å². The second-order valence-corrected chi connectivity index (χ2v) is 6.24. The summed E-state index contributed by atoms with van der Waals surface area (Å²) in [6.45, 7) is 1.74. The molecule has 1 amide bonds. The van der Waals surface area contributed by atoms with E-state index < -0.39 is 0 Å². The molecule has 1 aromatic carbocycles. The van der Waals surface area contributed by atoms with Crippen LogP contribution < -0.4 is 10.1 Å². The summed E-state index contributed by atoms with van der Waals surface area (Å²) in [6, 6.07) is 9.02. The molecule has 6 heteroatoms. The third-order valence-electron chi connectivity index (χ3n) is 4.48. The maximum Gasteiger partial charge on any atom is 0.263 e. The molecule has 0 bridgehead atoms. The van der Waals surface area contributed by atoms with Gasteiger partial charge in [0.2, 0.25) is 0 Å². The molecule has 3 rings (SSSR count). The predicted octanol–water partition coefficient (Wildman–Crippen LogP) is 3.61. The van der Waals surface area contributed by atoms with Crippen LogP contribution in [0.15, 0.2) is 36.5 Å². The van der Waals surface area contributed by atoms with E-state index >= 15 is 0 Å². The Morgan fingerprint density at radius 3 is 2.60 bits per heavy atom. The van der Waals surface area contributed by atoms with Gasteiger partial charge in [0.25, 0.3) is 5.91 Å². The summed E-state index contributed by atoms with van der Waals surface area (Å²) in [5.41, 5.74) is 0.653. The number of aromatic nitrogens is 2. The number of carbonyl (C=O) groups excluding carboxylic acids is 2. The van der Waals surface area contributed by atoms with Gasteiger partial charge in [-0.05, 0) is 37.1 Å². The molecule has 1 heterocycles. The minimum atomic E-state index is -0.228. The molecule has 1 fully saturated rings. The van der Waals surface area contributed by atoms with Gasteiger partial charge in [-0.15, -0.1) is 0 Å². The van der Waals surface area contributed by atoms with Crippen LogP contribution in [0.5, 0.6) is 5.75 Å². The third kappa shape index (κ3) is 4.26. The van der Waals surface area contributed by atoms with E-state index in [0.29, 0.717) is 29.6 Å². The van der Waals surface area contributed by atoms with Gasteiger partial charge in [0, 0.05) is 18.1 Å². The highest BCUT2D eigenvalue weighted by Gasteiger charge is 2.20. The summed E-state index contributed by atoms with van der Waals surface area (Å²) in [4.78, 5) is 23.7. The fraction of sp³-hybridized carbons (Fsp3) is 0.421. The molecule has 1 aromatic heterocycles. The van der Waals surface area contributed by atoms with E-state index in [2.05, 4.69) is 10.4 Å². The van der Waals surface area contributed by atoms with Gasteiger partial charge in [0.1, 0.15) is 11.6 Å². The van der Waals surface area contributed by atoms with Crippen molar-refractivity contribution >= 4 is 17.5 Å². The maximum atomic E-state index is 12.1. The van der Waals surface area contributed by atoms with Crippen molar-refractivity contribution < 1.29 is 14.3 Å². The third-order valence-corrected chi connectivity index (χ3v) is 4.48. The van der Waals surface area contributed by atoms with E-state index in [9.17, 15) is 9.59 Å². The van der Waals surface area contributed by atoms with Gasteiger partial charge in [-0.25, -0.2) is 4.68 Å². The molecule has 0 unspecified atom stereocenters. The van der Waals surface area contributed by atoms with Crippen molar-refractivity contribution in [3.63, 3.8) is 0 Å². The standard InChI is InChI=1S/C19H23N3O3/c1-2-17(23)14-7-9-16(10-8-14)25-13-19(24)21-18-11-12-20-22(18)15-5-3-4-6-15/h7-12,15H,2-6,13H2,1H3,(H,21,24). The Labute approximate surface area is 147 Å².